The molecule has 1 N–H and O–H groups in total. The number of para-hydroxylation sites is 3. The normalized spacial score (nSPS) is 11.0. The Kier molecular flexibility index (Phi) is 5.13. The highest BCUT2D eigenvalue weighted by molar-refractivity contribution is 6.33. The first kappa shape index (κ1) is 18.3. The largest absolute Gasteiger partial charge is 0.340 e. The van der Waals surface area contributed by atoms with E-state index >= 15 is 0 Å². The van der Waals surface area contributed by atoms with Crippen LogP contribution >= 0.6 is 11.6 Å². The minimum absolute atomic E-state index is 0.0407. The van der Waals surface area contributed by atoms with Crippen LogP contribution in [-0.2, 0) is 11.3 Å². The van der Waals surface area contributed by atoms with Crippen LogP contribution in [0.25, 0.3) is 21.8 Å². The third-order valence-corrected chi connectivity index (χ3v) is 5.14. The molecular formula is C23H19ClN2O2. The number of pyridine rings is 1. The number of hydrogen-bond donors (Lipinski definition) is 1. The molecule has 5 heteroatoms. The highest BCUT2D eigenvalue weighted by atomic mass is 35.5. The first-order valence-corrected chi connectivity index (χ1v) is 9.57. The van der Waals surface area contributed by atoms with Crippen molar-refractivity contribution in [2.24, 2.45) is 0 Å². The lowest BCUT2D eigenvalue weighted by Gasteiger charge is -2.15. The number of carbonyl (C=O) groups excluding carboxylic acids is 1. The fourth-order valence-corrected chi connectivity index (χ4v) is 3.67. The number of carbonyl (C=O) groups is 1. The van der Waals surface area contributed by atoms with Gasteiger partial charge in [0.2, 0.25) is 5.91 Å². The summed E-state index contributed by atoms with van der Waals surface area (Å²) in [5, 5.41) is 4.76. The molecule has 0 bridgehead atoms. The smallest absolute Gasteiger partial charge is 0.224 e. The summed E-state index contributed by atoms with van der Waals surface area (Å²) in [6.07, 6.45) is 1.01. The fourth-order valence-electron chi connectivity index (χ4n) is 3.49. The van der Waals surface area contributed by atoms with Crippen molar-refractivity contribution in [1.82, 2.24) is 4.57 Å². The molecule has 0 saturated carbocycles. The minimum Gasteiger partial charge on any atom is -0.340 e. The van der Waals surface area contributed by atoms with Crippen LogP contribution in [0.2, 0.25) is 5.02 Å². The Morgan fingerprint density at radius 2 is 1.43 bits per heavy atom. The molecule has 0 atom stereocenters. The van der Waals surface area contributed by atoms with Crippen LogP contribution in [0.4, 0.5) is 5.69 Å². The van der Waals surface area contributed by atoms with Gasteiger partial charge in [-0.1, -0.05) is 48.0 Å². The first-order valence-electron chi connectivity index (χ1n) is 9.20. The van der Waals surface area contributed by atoms with Crippen molar-refractivity contribution in [2.75, 3.05) is 5.32 Å². The Balaban J connectivity index is 1.58. The van der Waals surface area contributed by atoms with Gasteiger partial charge in [0, 0.05) is 23.7 Å². The van der Waals surface area contributed by atoms with Gasteiger partial charge >= 0.3 is 0 Å². The van der Waals surface area contributed by atoms with Crippen molar-refractivity contribution < 1.29 is 4.79 Å². The number of rotatable bonds is 5. The molecule has 4 rings (SSSR count). The van der Waals surface area contributed by atoms with E-state index in [4.69, 9.17) is 11.6 Å². The average Bonchev–Trinajstić information content (AvgIpc) is 2.72. The number of nitrogens with one attached hydrogen (secondary N) is 1. The maximum absolute atomic E-state index is 12.8. The Morgan fingerprint density at radius 3 is 2.07 bits per heavy atom. The van der Waals surface area contributed by atoms with E-state index < -0.39 is 0 Å². The van der Waals surface area contributed by atoms with Gasteiger partial charge in [0.25, 0.3) is 0 Å². The molecule has 1 heterocycles. The molecule has 0 aliphatic carbocycles. The lowest BCUT2D eigenvalue weighted by Crippen LogP contribution is -2.15. The predicted molar refractivity (Wildman–Crippen MR) is 115 cm³/mol. The van der Waals surface area contributed by atoms with Gasteiger partial charge in [-0.3, -0.25) is 9.59 Å². The highest BCUT2D eigenvalue weighted by Crippen LogP contribution is 2.22. The van der Waals surface area contributed by atoms with Crippen LogP contribution in [0.15, 0.2) is 77.6 Å². The third kappa shape index (κ3) is 3.51. The molecule has 1 amide bonds. The summed E-state index contributed by atoms with van der Waals surface area (Å²) >= 11 is 6.10. The van der Waals surface area contributed by atoms with Gasteiger partial charge in [0.1, 0.15) is 0 Å². The minimum atomic E-state index is -0.0808. The summed E-state index contributed by atoms with van der Waals surface area (Å²) in [4.78, 5) is 25.1. The van der Waals surface area contributed by atoms with E-state index in [0.29, 0.717) is 40.9 Å². The Morgan fingerprint density at radius 1 is 0.857 bits per heavy atom. The number of aromatic nitrogens is 1. The topological polar surface area (TPSA) is 51.1 Å². The zero-order valence-electron chi connectivity index (χ0n) is 15.2. The van der Waals surface area contributed by atoms with Crippen LogP contribution in [0, 0.1) is 0 Å². The molecule has 0 spiro atoms. The zero-order chi connectivity index (χ0) is 19.5. The molecule has 0 aliphatic rings. The average molecular weight is 391 g/mol. The molecule has 0 radical (unpaired) electrons. The van der Waals surface area contributed by atoms with E-state index in [0.717, 1.165) is 11.0 Å². The third-order valence-electron chi connectivity index (χ3n) is 4.81. The maximum Gasteiger partial charge on any atom is 0.224 e. The number of hydrogen-bond acceptors (Lipinski definition) is 2. The predicted octanol–water partition coefficient (Wildman–Crippen LogP) is 5.23. The molecule has 4 nitrogen and oxygen atoms in total. The van der Waals surface area contributed by atoms with Crippen molar-refractivity contribution in [3.05, 3.63) is 88.0 Å². The molecule has 0 aliphatic heterocycles. The van der Waals surface area contributed by atoms with Gasteiger partial charge < -0.3 is 9.88 Å². The van der Waals surface area contributed by atoms with Crippen molar-refractivity contribution in [3.63, 3.8) is 0 Å². The van der Waals surface area contributed by atoms with Crippen molar-refractivity contribution in [1.29, 1.82) is 0 Å². The molecule has 28 heavy (non-hydrogen) atoms. The SMILES string of the molecule is O=C(CCCn1c2ccccc2c(=O)c2ccccc21)Nc1ccccc1Cl. The van der Waals surface area contributed by atoms with Gasteiger partial charge in [-0.25, -0.2) is 0 Å². The summed E-state index contributed by atoms with van der Waals surface area (Å²) in [5.74, 6) is -0.0808. The molecule has 0 unspecified atom stereocenters. The lowest BCUT2D eigenvalue weighted by molar-refractivity contribution is -0.116. The second-order valence-corrected chi connectivity index (χ2v) is 7.05. The molecule has 140 valence electrons. The number of halogens is 1. The van der Waals surface area contributed by atoms with Crippen LogP contribution < -0.4 is 10.7 Å². The summed E-state index contributed by atoms with van der Waals surface area (Å²) in [7, 11) is 0. The van der Waals surface area contributed by atoms with Crippen LogP contribution in [-0.4, -0.2) is 10.5 Å². The van der Waals surface area contributed by atoms with Crippen molar-refractivity contribution >= 4 is 45.0 Å². The Hall–Kier alpha value is -3.11. The van der Waals surface area contributed by atoms with Crippen molar-refractivity contribution in [3.8, 4) is 0 Å². The maximum atomic E-state index is 12.8. The molecule has 3 aromatic carbocycles. The molecule has 0 fully saturated rings. The Labute approximate surface area is 167 Å². The van der Waals surface area contributed by atoms with E-state index in [1.807, 2.05) is 60.7 Å². The Bertz CT molecular complexity index is 1170. The van der Waals surface area contributed by atoms with E-state index in [2.05, 4.69) is 9.88 Å². The van der Waals surface area contributed by atoms with E-state index in [1.54, 1.807) is 12.1 Å². The quantitative estimate of drug-likeness (QED) is 0.474. The number of aryl methyl sites for hydroxylation is 1. The first-order chi connectivity index (χ1) is 13.6. The van der Waals surface area contributed by atoms with E-state index in [1.165, 1.54) is 0 Å². The molecule has 1 aromatic heterocycles. The van der Waals surface area contributed by atoms with Gasteiger partial charge in [-0.15, -0.1) is 0 Å². The monoisotopic (exact) mass is 390 g/mol. The van der Waals surface area contributed by atoms with Crippen LogP contribution in [0.5, 0.6) is 0 Å². The van der Waals surface area contributed by atoms with Crippen molar-refractivity contribution in [2.45, 2.75) is 19.4 Å². The summed E-state index contributed by atoms with van der Waals surface area (Å²) in [6, 6.07) is 22.4. The van der Waals surface area contributed by atoms with Gasteiger partial charge in [0.15, 0.2) is 5.43 Å². The van der Waals surface area contributed by atoms with Gasteiger partial charge in [0.05, 0.1) is 21.7 Å². The van der Waals surface area contributed by atoms with Crippen LogP contribution in [0.3, 0.4) is 0 Å². The zero-order valence-corrected chi connectivity index (χ0v) is 15.9. The van der Waals surface area contributed by atoms with E-state index in [9.17, 15) is 9.59 Å². The number of nitrogens with zero attached hydrogens (tertiary/aromatic N) is 1. The number of fused-ring (bicyclic) bond motifs is 2. The number of amides is 1. The fraction of sp³-hybridized carbons (Fsp3) is 0.130. The number of benzene rings is 3. The summed E-state index contributed by atoms with van der Waals surface area (Å²) in [5.41, 5.74) is 2.43. The molecule has 0 saturated heterocycles. The number of anilines is 1. The second-order valence-electron chi connectivity index (χ2n) is 6.65. The standard InChI is InChI=1S/C23H19ClN2O2/c24-18-10-3-4-11-19(18)25-22(27)14-7-15-26-20-12-5-1-8-16(20)23(28)17-9-2-6-13-21(17)26/h1-6,8-13H,7,14-15H2,(H,25,27). The summed E-state index contributed by atoms with van der Waals surface area (Å²) in [6.45, 7) is 0.636. The summed E-state index contributed by atoms with van der Waals surface area (Å²) < 4.78 is 2.12. The van der Waals surface area contributed by atoms with Gasteiger partial charge in [-0.2, -0.15) is 0 Å². The lowest BCUT2D eigenvalue weighted by atomic mass is 10.1. The van der Waals surface area contributed by atoms with E-state index in [-0.39, 0.29) is 11.3 Å². The molecular weight excluding hydrogens is 372 g/mol. The van der Waals surface area contributed by atoms with Crippen LogP contribution in [0.1, 0.15) is 12.8 Å². The van der Waals surface area contributed by atoms with Gasteiger partial charge in [-0.05, 0) is 42.8 Å². The second kappa shape index (κ2) is 7.87. The highest BCUT2D eigenvalue weighted by Gasteiger charge is 2.11. The molecule has 4 aromatic rings.